The summed E-state index contributed by atoms with van der Waals surface area (Å²) in [6, 6.07) is 9.97. The summed E-state index contributed by atoms with van der Waals surface area (Å²) in [4.78, 5) is 28.8. The van der Waals surface area contributed by atoms with E-state index in [9.17, 15) is 9.59 Å². The van der Waals surface area contributed by atoms with Crippen LogP contribution in [0.4, 0.5) is 11.4 Å². The molecule has 3 rings (SSSR count). The van der Waals surface area contributed by atoms with Gasteiger partial charge in [0.2, 0.25) is 0 Å². The van der Waals surface area contributed by atoms with Crippen LogP contribution in [0.1, 0.15) is 17.3 Å². The van der Waals surface area contributed by atoms with Gasteiger partial charge in [0.25, 0.3) is 5.56 Å². The molecular formula is C17H16N4O3. The number of esters is 1. The van der Waals surface area contributed by atoms with E-state index in [2.05, 4.69) is 4.98 Å². The average molecular weight is 324 g/mol. The fraction of sp³-hybridized carbons (Fsp3) is 0.118. The smallest absolute Gasteiger partial charge is 0.338 e. The quantitative estimate of drug-likeness (QED) is 0.709. The van der Waals surface area contributed by atoms with E-state index in [1.54, 1.807) is 49.5 Å². The van der Waals surface area contributed by atoms with E-state index in [4.69, 9.17) is 16.2 Å². The number of aromatic nitrogens is 2. The number of pyridine rings is 2. The van der Waals surface area contributed by atoms with Crippen LogP contribution in [0.3, 0.4) is 0 Å². The zero-order chi connectivity index (χ0) is 17.3. The summed E-state index contributed by atoms with van der Waals surface area (Å²) in [6.07, 6.45) is 1.56. The molecule has 0 amide bonds. The maximum Gasteiger partial charge on any atom is 0.338 e. The lowest BCUT2D eigenvalue weighted by Crippen LogP contribution is -2.24. The van der Waals surface area contributed by atoms with Crippen LogP contribution in [-0.4, -0.2) is 22.1 Å². The molecule has 2 heterocycles. The van der Waals surface area contributed by atoms with Crippen molar-refractivity contribution >= 4 is 28.4 Å². The van der Waals surface area contributed by atoms with E-state index in [0.717, 1.165) is 0 Å². The summed E-state index contributed by atoms with van der Waals surface area (Å²) in [6.45, 7) is 1.99. The molecule has 24 heavy (non-hydrogen) atoms. The Morgan fingerprint density at radius 3 is 2.75 bits per heavy atom. The Labute approximate surface area is 137 Å². The SMILES string of the molecule is CCOC(=O)c1cccc(-n2c(=O)c(N)c(N)c3cccnc32)c1. The highest BCUT2D eigenvalue weighted by Crippen LogP contribution is 2.24. The molecule has 7 heteroatoms. The molecular weight excluding hydrogens is 308 g/mol. The van der Waals surface area contributed by atoms with Crippen LogP contribution >= 0.6 is 0 Å². The van der Waals surface area contributed by atoms with Crippen LogP contribution in [0.15, 0.2) is 47.4 Å². The van der Waals surface area contributed by atoms with Crippen molar-refractivity contribution in [2.45, 2.75) is 6.92 Å². The van der Waals surface area contributed by atoms with Gasteiger partial charge in [0, 0.05) is 11.6 Å². The van der Waals surface area contributed by atoms with Crippen LogP contribution in [0.25, 0.3) is 16.7 Å². The maximum absolute atomic E-state index is 12.6. The Kier molecular flexibility index (Phi) is 3.91. The summed E-state index contributed by atoms with van der Waals surface area (Å²) in [5.74, 6) is -0.465. The molecule has 4 N–H and O–H groups in total. The van der Waals surface area contributed by atoms with E-state index < -0.39 is 11.5 Å². The maximum atomic E-state index is 12.6. The molecule has 0 aliphatic rings. The first-order valence-corrected chi connectivity index (χ1v) is 7.36. The molecule has 0 saturated carbocycles. The third-order valence-electron chi connectivity index (χ3n) is 3.63. The van der Waals surface area contributed by atoms with Gasteiger partial charge in [0.05, 0.1) is 23.5 Å². The molecule has 0 aliphatic heterocycles. The van der Waals surface area contributed by atoms with E-state index in [1.165, 1.54) is 4.57 Å². The number of carbonyl (C=O) groups is 1. The Morgan fingerprint density at radius 2 is 2.00 bits per heavy atom. The summed E-state index contributed by atoms with van der Waals surface area (Å²) < 4.78 is 6.33. The second-order valence-electron chi connectivity index (χ2n) is 5.11. The van der Waals surface area contributed by atoms with Crippen molar-refractivity contribution in [1.82, 2.24) is 9.55 Å². The predicted octanol–water partition coefficient (Wildman–Crippen LogP) is 1.73. The largest absolute Gasteiger partial charge is 0.462 e. The summed E-state index contributed by atoms with van der Waals surface area (Å²) in [5, 5.41) is 0.566. The molecule has 0 radical (unpaired) electrons. The summed E-state index contributed by atoms with van der Waals surface area (Å²) >= 11 is 0. The molecule has 0 spiro atoms. The highest BCUT2D eigenvalue weighted by atomic mass is 16.5. The molecule has 0 atom stereocenters. The van der Waals surface area contributed by atoms with Crippen molar-refractivity contribution in [2.75, 3.05) is 18.1 Å². The lowest BCUT2D eigenvalue weighted by atomic mass is 10.1. The molecule has 0 unspecified atom stereocenters. The first-order valence-electron chi connectivity index (χ1n) is 7.36. The minimum Gasteiger partial charge on any atom is -0.462 e. The molecule has 0 fully saturated rings. The highest BCUT2D eigenvalue weighted by Gasteiger charge is 2.16. The standard InChI is InChI=1S/C17H16N4O3/c1-2-24-17(23)10-5-3-6-11(9-10)21-15-12(7-4-8-20-15)13(18)14(19)16(21)22/h3-9H,2,18-19H2,1H3. The molecule has 2 aromatic heterocycles. The zero-order valence-electron chi connectivity index (χ0n) is 13.0. The number of anilines is 2. The molecule has 1 aromatic carbocycles. The van der Waals surface area contributed by atoms with Gasteiger partial charge in [0.15, 0.2) is 0 Å². The second-order valence-corrected chi connectivity index (χ2v) is 5.11. The summed E-state index contributed by atoms with van der Waals surface area (Å²) in [5.41, 5.74) is 12.6. The van der Waals surface area contributed by atoms with Gasteiger partial charge in [-0.25, -0.2) is 9.78 Å². The molecule has 122 valence electrons. The average Bonchev–Trinajstić information content (AvgIpc) is 2.60. The summed E-state index contributed by atoms with van der Waals surface area (Å²) in [7, 11) is 0. The number of fused-ring (bicyclic) bond motifs is 1. The number of hydrogen-bond donors (Lipinski definition) is 2. The minimum absolute atomic E-state index is 0.0583. The fourth-order valence-electron chi connectivity index (χ4n) is 2.49. The van der Waals surface area contributed by atoms with E-state index in [1.807, 2.05) is 0 Å². The van der Waals surface area contributed by atoms with Gasteiger partial charge in [-0.1, -0.05) is 6.07 Å². The number of nitrogens with zero attached hydrogens (tertiary/aromatic N) is 2. The van der Waals surface area contributed by atoms with Gasteiger partial charge >= 0.3 is 5.97 Å². The number of nitrogens with two attached hydrogens (primary N) is 2. The van der Waals surface area contributed by atoms with Crippen molar-refractivity contribution in [2.24, 2.45) is 0 Å². The molecule has 7 nitrogen and oxygen atoms in total. The van der Waals surface area contributed by atoms with Crippen LogP contribution in [0, 0.1) is 0 Å². The van der Waals surface area contributed by atoms with Gasteiger partial charge in [-0.3, -0.25) is 9.36 Å². The predicted molar refractivity (Wildman–Crippen MR) is 92.1 cm³/mol. The van der Waals surface area contributed by atoms with Crippen LogP contribution in [-0.2, 0) is 4.74 Å². The third kappa shape index (κ3) is 2.45. The molecule has 3 aromatic rings. The minimum atomic E-state index is -0.486. The first-order chi connectivity index (χ1) is 11.5. The lowest BCUT2D eigenvalue weighted by molar-refractivity contribution is 0.0526. The van der Waals surface area contributed by atoms with Gasteiger partial charge in [-0.05, 0) is 37.3 Å². The van der Waals surface area contributed by atoms with Crippen LogP contribution in [0.2, 0.25) is 0 Å². The second kappa shape index (κ2) is 6.04. The van der Waals surface area contributed by atoms with Gasteiger partial charge in [-0.15, -0.1) is 0 Å². The molecule has 0 aliphatic carbocycles. The Morgan fingerprint density at radius 1 is 1.21 bits per heavy atom. The van der Waals surface area contributed by atoms with Gasteiger partial charge in [-0.2, -0.15) is 0 Å². The topological polar surface area (TPSA) is 113 Å². The Hall–Kier alpha value is -3.35. The van der Waals surface area contributed by atoms with Gasteiger partial charge in [0.1, 0.15) is 11.3 Å². The van der Waals surface area contributed by atoms with Crippen LogP contribution < -0.4 is 17.0 Å². The highest BCUT2D eigenvalue weighted by molar-refractivity contribution is 5.95. The Bertz CT molecular complexity index is 995. The van der Waals surface area contributed by atoms with E-state index in [-0.39, 0.29) is 18.0 Å². The first kappa shape index (κ1) is 15.5. The number of carbonyl (C=O) groups excluding carboxylic acids is 1. The number of benzene rings is 1. The number of ether oxygens (including phenoxy) is 1. The number of nitrogen functional groups attached to an aromatic ring is 2. The van der Waals surface area contributed by atoms with Crippen molar-refractivity contribution in [3.8, 4) is 5.69 Å². The zero-order valence-corrected chi connectivity index (χ0v) is 13.0. The third-order valence-corrected chi connectivity index (χ3v) is 3.63. The van der Waals surface area contributed by atoms with Crippen molar-refractivity contribution in [3.05, 3.63) is 58.5 Å². The van der Waals surface area contributed by atoms with E-state index in [0.29, 0.717) is 22.3 Å². The van der Waals surface area contributed by atoms with Crippen LogP contribution in [0.5, 0.6) is 0 Å². The van der Waals surface area contributed by atoms with Gasteiger partial charge < -0.3 is 16.2 Å². The Balaban J connectivity index is 2.29. The van der Waals surface area contributed by atoms with Crippen molar-refractivity contribution < 1.29 is 9.53 Å². The lowest BCUT2D eigenvalue weighted by Gasteiger charge is -2.13. The van der Waals surface area contributed by atoms with Crippen molar-refractivity contribution in [3.63, 3.8) is 0 Å². The normalized spacial score (nSPS) is 10.7. The molecule has 0 saturated heterocycles. The van der Waals surface area contributed by atoms with Crippen molar-refractivity contribution in [1.29, 1.82) is 0 Å². The molecule has 0 bridgehead atoms. The monoisotopic (exact) mass is 324 g/mol. The number of rotatable bonds is 3. The van der Waals surface area contributed by atoms with E-state index >= 15 is 0 Å². The number of hydrogen-bond acceptors (Lipinski definition) is 6. The fourth-order valence-corrected chi connectivity index (χ4v) is 2.49.